The lowest BCUT2D eigenvalue weighted by Gasteiger charge is -2.33. The highest BCUT2D eigenvalue weighted by molar-refractivity contribution is 5.87. The third-order valence-corrected chi connectivity index (χ3v) is 13.4. The molecule has 3 aliphatic rings. The molecule has 3 aliphatic heterocycles. The van der Waals surface area contributed by atoms with Crippen molar-refractivity contribution in [1.29, 1.82) is 0 Å². The molecule has 0 aliphatic carbocycles. The summed E-state index contributed by atoms with van der Waals surface area (Å²) in [5.74, 6) is 0.569. The van der Waals surface area contributed by atoms with Crippen molar-refractivity contribution in [3.05, 3.63) is 114 Å². The molecule has 3 saturated heterocycles. The van der Waals surface area contributed by atoms with Gasteiger partial charge in [-0.3, -0.25) is 9.59 Å². The number of ether oxygens (including phenoxy) is 2. The van der Waals surface area contributed by atoms with Crippen LogP contribution in [0.25, 0.3) is 22.5 Å². The Kier molecular flexibility index (Phi) is 13.8. The number of nitrogens with one attached hydrogen (secondary N) is 4. The lowest BCUT2D eigenvalue weighted by atomic mass is 10.0. The first kappa shape index (κ1) is 45.8. The maximum atomic E-state index is 14.3. The summed E-state index contributed by atoms with van der Waals surface area (Å²) >= 11 is 0. The van der Waals surface area contributed by atoms with Gasteiger partial charge in [0.2, 0.25) is 11.8 Å². The number of H-pyrrole nitrogens is 2. The number of rotatable bonds is 13. The molecule has 0 radical (unpaired) electrons. The van der Waals surface area contributed by atoms with Crippen LogP contribution in [0.4, 0.5) is 19.7 Å². The van der Waals surface area contributed by atoms with Gasteiger partial charge in [0.05, 0.1) is 62.2 Å². The van der Waals surface area contributed by atoms with Crippen LogP contribution in [0.5, 0.6) is 0 Å². The summed E-state index contributed by atoms with van der Waals surface area (Å²) in [6, 6.07) is 21.8. The molecule has 8 rings (SSSR count). The van der Waals surface area contributed by atoms with Crippen molar-refractivity contribution in [3.8, 4) is 22.5 Å². The molecule has 0 spiro atoms. The van der Waals surface area contributed by atoms with Gasteiger partial charge in [0, 0.05) is 18.8 Å². The molecule has 66 heavy (non-hydrogen) atoms. The predicted octanol–water partition coefficient (Wildman–Crippen LogP) is 8.78. The molecule has 0 saturated carbocycles. The molecule has 3 fully saturated rings. The Morgan fingerprint density at radius 3 is 1.39 bits per heavy atom. The highest BCUT2D eigenvalue weighted by atomic mass is 19.1. The number of imidazole rings is 2. The number of amides is 4. The molecule has 348 valence electrons. The number of benzene rings is 3. The highest BCUT2D eigenvalue weighted by Gasteiger charge is 2.40. The first-order valence-electron chi connectivity index (χ1n) is 23.0. The second-order valence-corrected chi connectivity index (χ2v) is 18.2. The molecular formula is C50H60FN9O6. The Bertz CT molecular complexity index is 2340. The molecule has 3 aromatic carbocycles. The van der Waals surface area contributed by atoms with Gasteiger partial charge in [0.1, 0.15) is 29.5 Å². The Hall–Kier alpha value is -6.71. The average Bonchev–Trinajstić information content (AvgIpc) is 4.19. The molecule has 6 unspecified atom stereocenters. The minimum atomic E-state index is -0.710. The summed E-state index contributed by atoms with van der Waals surface area (Å²) in [4.78, 5) is 73.9. The van der Waals surface area contributed by atoms with Crippen LogP contribution in [-0.4, -0.2) is 93.1 Å². The zero-order chi connectivity index (χ0) is 46.6. The van der Waals surface area contributed by atoms with E-state index >= 15 is 0 Å². The highest BCUT2D eigenvalue weighted by Crippen LogP contribution is 2.47. The minimum absolute atomic E-state index is 0.0300. The van der Waals surface area contributed by atoms with Crippen molar-refractivity contribution in [2.75, 3.05) is 32.2 Å². The molecule has 0 bridgehead atoms. The maximum Gasteiger partial charge on any atom is 0.407 e. The molecule has 2 aromatic heterocycles. The average molecular weight is 902 g/mol. The molecule has 16 heteroatoms. The number of aromatic nitrogens is 4. The Morgan fingerprint density at radius 2 is 1.02 bits per heavy atom. The molecule has 6 atom stereocenters. The van der Waals surface area contributed by atoms with E-state index in [1.54, 1.807) is 9.80 Å². The Balaban J connectivity index is 0.975. The predicted molar refractivity (Wildman–Crippen MR) is 247 cm³/mol. The summed E-state index contributed by atoms with van der Waals surface area (Å²) in [7, 11) is 2.57. The van der Waals surface area contributed by atoms with Crippen LogP contribution < -0.4 is 15.5 Å². The summed E-state index contributed by atoms with van der Waals surface area (Å²) in [6.45, 7) is 8.74. The molecule has 4 N–H and O–H groups in total. The minimum Gasteiger partial charge on any atom is -0.453 e. The Morgan fingerprint density at radius 1 is 0.606 bits per heavy atom. The molecular weight excluding hydrogens is 842 g/mol. The van der Waals surface area contributed by atoms with Crippen LogP contribution in [0, 0.1) is 17.7 Å². The van der Waals surface area contributed by atoms with Crippen molar-refractivity contribution in [2.24, 2.45) is 11.8 Å². The molecule has 5 heterocycles. The number of hydrogen-bond acceptors (Lipinski definition) is 9. The number of likely N-dealkylation sites (tertiary alicyclic amines) is 2. The van der Waals surface area contributed by atoms with E-state index in [1.165, 1.54) is 26.4 Å². The fourth-order valence-electron chi connectivity index (χ4n) is 9.90. The third-order valence-electron chi connectivity index (χ3n) is 13.4. The van der Waals surface area contributed by atoms with E-state index in [4.69, 9.17) is 19.4 Å². The smallest absolute Gasteiger partial charge is 0.407 e. The van der Waals surface area contributed by atoms with Crippen LogP contribution in [-0.2, 0) is 19.1 Å². The van der Waals surface area contributed by atoms with Gasteiger partial charge in [-0.1, -0.05) is 76.2 Å². The number of carbonyl (C=O) groups excluding carboxylic acids is 4. The van der Waals surface area contributed by atoms with Crippen molar-refractivity contribution in [3.63, 3.8) is 0 Å². The molecule has 5 aromatic rings. The monoisotopic (exact) mass is 901 g/mol. The van der Waals surface area contributed by atoms with E-state index in [1.807, 2.05) is 52.2 Å². The summed E-state index contributed by atoms with van der Waals surface area (Å²) in [5, 5.41) is 5.41. The number of alkyl carbamates (subject to hydrolysis) is 2. The number of anilines is 1. The van der Waals surface area contributed by atoms with E-state index in [-0.39, 0.29) is 53.6 Å². The van der Waals surface area contributed by atoms with Crippen LogP contribution in [0.15, 0.2) is 85.2 Å². The van der Waals surface area contributed by atoms with Gasteiger partial charge in [0.15, 0.2) is 0 Å². The number of carbonyl (C=O) groups is 4. The van der Waals surface area contributed by atoms with Crippen LogP contribution in [0.1, 0.15) is 113 Å². The standard InChI is InChI=1S/C50H60FN9O6/c1-29(2)43(56-49(63)65-5)47(61)58-25-7-9-41(58)45-52-27-37(54-45)31-11-15-33(16-12-31)39-23-24-40(60(39)36-21-19-35(51)20-22-36)34-17-13-32(14-18-34)38-28-53-46(55-38)42-10-8-26-59(42)48(62)44(30(3)4)57-50(64)66-6/h11-22,27-30,39-44H,7-10,23-26H2,1-6H3,(H,52,54)(H,53,55)(H,56,63)(H,57,64). The second-order valence-electron chi connectivity index (χ2n) is 18.2. The number of aromatic amines is 2. The van der Waals surface area contributed by atoms with E-state index in [0.717, 1.165) is 77.9 Å². The lowest BCUT2D eigenvalue weighted by molar-refractivity contribution is -0.136. The second kappa shape index (κ2) is 19.8. The van der Waals surface area contributed by atoms with Gasteiger partial charge in [-0.2, -0.15) is 0 Å². The van der Waals surface area contributed by atoms with Crippen molar-refractivity contribution >= 4 is 29.7 Å². The van der Waals surface area contributed by atoms with Crippen molar-refractivity contribution in [2.45, 2.75) is 102 Å². The molecule has 15 nitrogen and oxygen atoms in total. The maximum absolute atomic E-state index is 14.3. The van der Waals surface area contributed by atoms with E-state index < -0.39 is 24.3 Å². The summed E-state index contributed by atoms with van der Waals surface area (Å²) in [5.41, 5.74) is 6.82. The number of methoxy groups -OCH3 is 2. The largest absolute Gasteiger partial charge is 0.453 e. The van der Waals surface area contributed by atoms with E-state index in [9.17, 15) is 23.6 Å². The fraction of sp³-hybridized carbons (Fsp3) is 0.440. The molecule has 4 amide bonds. The van der Waals surface area contributed by atoms with Gasteiger partial charge >= 0.3 is 12.2 Å². The number of nitrogens with zero attached hydrogens (tertiary/aromatic N) is 5. The van der Waals surface area contributed by atoms with Gasteiger partial charge in [0.25, 0.3) is 0 Å². The zero-order valence-electron chi connectivity index (χ0n) is 38.4. The van der Waals surface area contributed by atoms with Gasteiger partial charge in [-0.25, -0.2) is 23.9 Å². The van der Waals surface area contributed by atoms with Gasteiger partial charge < -0.3 is 44.8 Å². The normalized spacial score (nSPS) is 20.5. The summed E-state index contributed by atoms with van der Waals surface area (Å²) in [6.07, 6.45) is 7.30. The van der Waals surface area contributed by atoms with E-state index in [2.05, 4.69) is 74.0 Å². The van der Waals surface area contributed by atoms with Crippen LogP contribution in [0.3, 0.4) is 0 Å². The van der Waals surface area contributed by atoms with Crippen molar-refractivity contribution < 1.29 is 33.0 Å². The number of hydrogen-bond donors (Lipinski definition) is 4. The third kappa shape index (κ3) is 9.49. The summed E-state index contributed by atoms with van der Waals surface area (Å²) < 4.78 is 23.9. The zero-order valence-corrected chi connectivity index (χ0v) is 38.4. The lowest BCUT2D eigenvalue weighted by Crippen LogP contribution is -2.51. The fourth-order valence-corrected chi connectivity index (χ4v) is 9.90. The first-order valence-corrected chi connectivity index (χ1v) is 23.0. The van der Waals surface area contributed by atoms with E-state index in [0.29, 0.717) is 24.7 Å². The quantitative estimate of drug-likeness (QED) is 0.0900. The SMILES string of the molecule is COC(=O)NC(C(=O)N1CCCC1c1ncc(-c2ccc(C3CCC(c4ccc(-c5cnc(C6CCCN6C(=O)C(NC(=O)OC)C(C)C)[nH]5)cc4)N3c3ccc(F)cc3)cc2)[nH]1)C(C)C. The van der Waals surface area contributed by atoms with Gasteiger partial charge in [-0.05, 0) is 96.9 Å². The topological polar surface area (TPSA) is 178 Å². The van der Waals surface area contributed by atoms with Crippen molar-refractivity contribution in [1.82, 2.24) is 40.4 Å². The van der Waals surface area contributed by atoms with Gasteiger partial charge in [-0.15, -0.1) is 0 Å². The van der Waals surface area contributed by atoms with Crippen LogP contribution >= 0.6 is 0 Å². The first-order chi connectivity index (χ1) is 31.8. The Labute approximate surface area is 384 Å². The van der Waals surface area contributed by atoms with Crippen LogP contribution in [0.2, 0.25) is 0 Å². The number of halogens is 1.